The molecule has 2 nitrogen and oxygen atoms in total. The maximum Gasteiger partial charge on any atom is 0.335 e. The van der Waals surface area contributed by atoms with E-state index in [-0.39, 0.29) is 11.4 Å². The Kier molecular flexibility index (Phi) is 3.11. The summed E-state index contributed by atoms with van der Waals surface area (Å²) in [6.07, 6.45) is 0.973. The van der Waals surface area contributed by atoms with Gasteiger partial charge in [0.25, 0.3) is 0 Å². The van der Waals surface area contributed by atoms with Gasteiger partial charge in [-0.25, -0.2) is 9.18 Å². The highest BCUT2D eigenvalue weighted by molar-refractivity contribution is 5.91. The molecule has 3 rings (SSSR count). The van der Waals surface area contributed by atoms with Crippen LogP contribution in [0.15, 0.2) is 54.4 Å². The first-order chi connectivity index (χ1) is 9.66. The number of carbonyl (C=O) groups is 1. The van der Waals surface area contributed by atoms with Crippen molar-refractivity contribution in [3.05, 3.63) is 76.6 Å². The molecule has 20 heavy (non-hydrogen) atoms. The highest BCUT2D eigenvalue weighted by atomic mass is 19.1. The second-order valence-corrected chi connectivity index (χ2v) is 4.82. The molecular weight excluding hydrogens is 255 g/mol. The molecule has 1 aliphatic carbocycles. The summed E-state index contributed by atoms with van der Waals surface area (Å²) >= 11 is 0. The van der Waals surface area contributed by atoms with Crippen molar-refractivity contribution < 1.29 is 14.3 Å². The Morgan fingerprint density at radius 3 is 2.50 bits per heavy atom. The Bertz CT molecular complexity index is 702. The fourth-order valence-electron chi connectivity index (χ4n) is 2.59. The van der Waals surface area contributed by atoms with Crippen molar-refractivity contribution in [3.8, 4) is 0 Å². The number of halogens is 1. The zero-order chi connectivity index (χ0) is 14.1. The Balaban J connectivity index is 2.21. The third kappa shape index (κ3) is 2.11. The van der Waals surface area contributed by atoms with E-state index in [1.54, 1.807) is 18.2 Å². The zero-order valence-corrected chi connectivity index (χ0v) is 10.8. The smallest absolute Gasteiger partial charge is 0.335 e. The van der Waals surface area contributed by atoms with E-state index < -0.39 is 5.97 Å². The van der Waals surface area contributed by atoms with E-state index in [0.717, 1.165) is 11.1 Å². The SMILES string of the molecule is O=C(O)c1ccc2c(c1)C(c1ccccc1)=C(F)CC2. The van der Waals surface area contributed by atoms with Crippen LogP contribution < -0.4 is 0 Å². The van der Waals surface area contributed by atoms with Gasteiger partial charge in [0.05, 0.1) is 5.56 Å². The molecule has 2 aromatic carbocycles. The van der Waals surface area contributed by atoms with Crippen molar-refractivity contribution in [2.45, 2.75) is 12.8 Å². The summed E-state index contributed by atoms with van der Waals surface area (Å²) in [6.45, 7) is 0. The molecule has 0 spiro atoms. The molecule has 0 radical (unpaired) electrons. The van der Waals surface area contributed by atoms with Crippen LogP contribution in [0.25, 0.3) is 5.57 Å². The molecule has 0 heterocycles. The largest absolute Gasteiger partial charge is 0.478 e. The second-order valence-electron chi connectivity index (χ2n) is 4.82. The molecule has 0 aromatic heterocycles. The summed E-state index contributed by atoms with van der Waals surface area (Å²) < 4.78 is 14.3. The number of carboxylic acid groups (broad SMARTS) is 1. The fourth-order valence-corrected chi connectivity index (χ4v) is 2.59. The minimum atomic E-state index is -0.994. The average molecular weight is 268 g/mol. The molecule has 2 aromatic rings. The van der Waals surface area contributed by atoms with Crippen LogP contribution in [-0.2, 0) is 6.42 Å². The van der Waals surface area contributed by atoms with Crippen molar-refractivity contribution in [1.29, 1.82) is 0 Å². The number of aryl methyl sites for hydroxylation is 1. The predicted octanol–water partition coefficient (Wildman–Crippen LogP) is 4.06. The number of rotatable bonds is 2. The number of carboxylic acids is 1. The van der Waals surface area contributed by atoms with Crippen LogP contribution in [0, 0.1) is 0 Å². The van der Waals surface area contributed by atoms with Crippen molar-refractivity contribution in [3.63, 3.8) is 0 Å². The van der Waals surface area contributed by atoms with Gasteiger partial charge in [0.15, 0.2) is 0 Å². The van der Waals surface area contributed by atoms with E-state index >= 15 is 0 Å². The highest BCUT2D eigenvalue weighted by Crippen LogP contribution is 2.37. The maximum absolute atomic E-state index is 14.3. The topological polar surface area (TPSA) is 37.3 Å². The quantitative estimate of drug-likeness (QED) is 0.891. The fraction of sp³-hybridized carbons (Fsp3) is 0.118. The summed E-state index contributed by atoms with van der Waals surface area (Å²) in [4.78, 5) is 11.1. The van der Waals surface area contributed by atoms with E-state index in [0.29, 0.717) is 24.0 Å². The van der Waals surface area contributed by atoms with E-state index in [1.807, 2.05) is 30.3 Å². The zero-order valence-electron chi connectivity index (χ0n) is 10.8. The van der Waals surface area contributed by atoms with Crippen LogP contribution >= 0.6 is 0 Å². The van der Waals surface area contributed by atoms with E-state index in [4.69, 9.17) is 5.11 Å². The normalized spacial score (nSPS) is 14.1. The molecule has 0 fully saturated rings. The van der Waals surface area contributed by atoms with Crippen LogP contribution in [-0.4, -0.2) is 11.1 Å². The molecule has 0 amide bonds. The Morgan fingerprint density at radius 1 is 1.05 bits per heavy atom. The number of allylic oxidation sites excluding steroid dienone is 1. The van der Waals surface area contributed by atoms with Crippen LogP contribution in [0.1, 0.15) is 33.5 Å². The van der Waals surface area contributed by atoms with Crippen LogP contribution in [0.5, 0.6) is 0 Å². The lowest BCUT2D eigenvalue weighted by atomic mass is 9.85. The Labute approximate surface area is 116 Å². The summed E-state index contributed by atoms with van der Waals surface area (Å²) in [5.41, 5.74) is 3.19. The van der Waals surface area contributed by atoms with Crippen LogP contribution in [0.3, 0.4) is 0 Å². The molecule has 3 heteroatoms. The number of fused-ring (bicyclic) bond motifs is 1. The molecular formula is C17H13FO2. The van der Waals surface area contributed by atoms with Gasteiger partial charge in [0.1, 0.15) is 5.83 Å². The minimum absolute atomic E-state index is 0.175. The van der Waals surface area contributed by atoms with Gasteiger partial charge in [0, 0.05) is 12.0 Å². The molecule has 100 valence electrons. The third-order valence-electron chi connectivity index (χ3n) is 3.57. The summed E-state index contributed by atoms with van der Waals surface area (Å²) in [6, 6.07) is 14.2. The van der Waals surface area contributed by atoms with E-state index in [1.165, 1.54) is 0 Å². The lowest BCUT2D eigenvalue weighted by Crippen LogP contribution is -2.07. The van der Waals surface area contributed by atoms with Gasteiger partial charge >= 0.3 is 5.97 Å². The lowest BCUT2D eigenvalue weighted by Gasteiger charge is -2.20. The molecule has 0 saturated carbocycles. The van der Waals surface area contributed by atoms with Crippen molar-refractivity contribution in [1.82, 2.24) is 0 Å². The molecule has 0 bridgehead atoms. The average Bonchev–Trinajstić information content (AvgIpc) is 2.47. The van der Waals surface area contributed by atoms with Gasteiger partial charge in [0.2, 0.25) is 0 Å². The number of hydrogen-bond acceptors (Lipinski definition) is 1. The third-order valence-corrected chi connectivity index (χ3v) is 3.57. The summed E-state index contributed by atoms with van der Waals surface area (Å²) in [5, 5.41) is 9.10. The second kappa shape index (κ2) is 4.93. The number of hydrogen-bond donors (Lipinski definition) is 1. The molecule has 1 aliphatic rings. The first kappa shape index (κ1) is 12.6. The first-order valence-corrected chi connectivity index (χ1v) is 6.47. The van der Waals surface area contributed by atoms with Crippen molar-refractivity contribution in [2.75, 3.05) is 0 Å². The molecule has 0 atom stereocenters. The minimum Gasteiger partial charge on any atom is -0.478 e. The number of benzene rings is 2. The van der Waals surface area contributed by atoms with Gasteiger partial charge in [-0.2, -0.15) is 0 Å². The molecule has 0 aliphatic heterocycles. The molecule has 0 saturated heterocycles. The Hall–Kier alpha value is -2.42. The Morgan fingerprint density at radius 2 is 1.80 bits per heavy atom. The van der Waals surface area contributed by atoms with Gasteiger partial charge in [-0.05, 0) is 35.2 Å². The van der Waals surface area contributed by atoms with Gasteiger partial charge in [-0.15, -0.1) is 0 Å². The monoisotopic (exact) mass is 268 g/mol. The van der Waals surface area contributed by atoms with Gasteiger partial charge in [-0.1, -0.05) is 36.4 Å². The molecule has 1 N–H and O–H groups in total. The van der Waals surface area contributed by atoms with Crippen LogP contribution in [0.4, 0.5) is 4.39 Å². The van der Waals surface area contributed by atoms with Gasteiger partial charge < -0.3 is 5.11 Å². The summed E-state index contributed by atoms with van der Waals surface area (Å²) in [7, 11) is 0. The van der Waals surface area contributed by atoms with Crippen molar-refractivity contribution in [2.24, 2.45) is 0 Å². The highest BCUT2D eigenvalue weighted by Gasteiger charge is 2.21. The van der Waals surface area contributed by atoms with Crippen molar-refractivity contribution >= 4 is 11.5 Å². The number of aromatic carboxylic acids is 1. The predicted molar refractivity (Wildman–Crippen MR) is 75.3 cm³/mol. The van der Waals surface area contributed by atoms with E-state index in [9.17, 15) is 9.18 Å². The molecule has 0 unspecified atom stereocenters. The van der Waals surface area contributed by atoms with E-state index in [2.05, 4.69) is 0 Å². The lowest BCUT2D eigenvalue weighted by molar-refractivity contribution is 0.0697. The van der Waals surface area contributed by atoms with Gasteiger partial charge in [-0.3, -0.25) is 0 Å². The first-order valence-electron chi connectivity index (χ1n) is 6.47. The van der Waals surface area contributed by atoms with Crippen LogP contribution in [0.2, 0.25) is 0 Å². The summed E-state index contributed by atoms with van der Waals surface area (Å²) in [5.74, 6) is -1.17. The standard InChI is InChI=1S/C17H13FO2/c18-15-9-8-11-6-7-13(17(19)20)10-14(11)16(15)12-4-2-1-3-5-12/h1-7,10H,8-9H2,(H,19,20). The maximum atomic E-state index is 14.3.